The maximum atomic E-state index is 5.41. The Morgan fingerprint density at radius 3 is 1.98 bits per heavy atom. The summed E-state index contributed by atoms with van der Waals surface area (Å²) in [5.74, 6) is 0.718. The van der Waals surface area contributed by atoms with Gasteiger partial charge in [-0.25, -0.2) is 9.97 Å². The molecule has 9 rings (SSSR count). The fourth-order valence-electron chi connectivity index (χ4n) is 7.32. The number of benzene rings is 5. The van der Waals surface area contributed by atoms with Crippen LogP contribution in [0.4, 0.5) is 0 Å². The molecule has 0 aliphatic heterocycles. The summed E-state index contributed by atoms with van der Waals surface area (Å²) in [4.78, 5) is 15.1. The van der Waals surface area contributed by atoms with Crippen molar-refractivity contribution in [1.29, 1.82) is 0 Å². The topological polar surface area (TPSA) is 43.6 Å². The monoisotopic (exact) mass is 590 g/mol. The van der Waals surface area contributed by atoms with E-state index in [0.29, 0.717) is 0 Å². The SMILES string of the molecule is CC1(C)c2ccccc2-c2nc(-c3cccc(-n4c5ccccc5c5ccccc54)c3)nc(-c3cccc(-c4cccnc4)c3)c21. The van der Waals surface area contributed by atoms with E-state index < -0.39 is 0 Å². The Morgan fingerprint density at radius 1 is 0.543 bits per heavy atom. The van der Waals surface area contributed by atoms with Crippen LogP contribution in [0.5, 0.6) is 0 Å². The summed E-state index contributed by atoms with van der Waals surface area (Å²) in [6.07, 6.45) is 3.72. The van der Waals surface area contributed by atoms with Gasteiger partial charge in [0, 0.05) is 62.1 Å². The smallest absolute Gasteiger partial charge is 0.160 e. The first-order valence-electron chi connectivity index (χ1n) is 15.7. The molecule has 0 unspecified atom stereocenters. The molecule has 3 heterocycles. The highest BCUT2D eigenvalue weighted by Crippen LogP contribution is 2.51. The van der Waals surface area contributed by atoms with E-state index in [2.05, 4.69) is 151 Å². The summed E-state index contributed by atoms with van der Waals surface area (Å²) >= 11 is 0. The molecule has 0 saturated heterocycles. The zero-order chi connectivity index (χ0) is 30.8. The third kappa shape index (κ3) is 3.97. The fourth-order valence-corrected chi connectivity index (χ4v) is 7.32. The molecule has 0 spiro atoms. The van der Waals surface area contributed by atoms with Crippen molar-refractivity contribution >= 4 is 21.8 Å². The molecule has 0 atom stereocenters. The van der Waals surface area contributed by atoms with Crippen LogP contribution in [-0.2, 0) is 5.41 Å². The van der Waals surface area contributed by atoms with E-state index in [1.165, 1.54) is 38.5 Å². The number of fused-ring (bicyclic) bond motifs is 6. The van der Waals surface area contributed by atoms with E-state index in [0.717, 1.165) is 45.2 Å². The summed E-state index contributed by atoms with van der Waals surface area (Å²) in [7, 11) is 0. The van der Waals surface area contributed by atoms with Gasteiger partial charge < -0.3 is 4.57 Å². The third-order valence-corrected chi connectivity index (χ3v) is 9.46. The van der Waals surface area contributed by atoms with Gasteiger partial charge in [-0.3, -0.25) is 4.98 Å². The first-order chi connectivity index (χ1) is 22.6. The first kappa shape index (κ1) is 26.5. The summed E-state index contributed by atoms with van der Waals surface area (Å²) in [6.45, 7) is 4.58. The highest BCUT2D eigenvalue weighted by Gasteiger charge is 2.40. The van der Waals surface area contributed by atoms with Crippen LogP contribution >= 0.6 is 0 Å². The zero-order valence-electron chi connectivity index (χ0n) is 25.6. The lowest BCUT2D eigenvalue weighted by Gasteiger charge is -2.24. The average Bonchev–Trinajstić information content (AvgIpc) is 3.57. The lowest BCUT2D eigenvalue weighted by atomic mass is 9.80. The number of hydrogen-bond acceptors (Lipinski definition) is 3. The molecule has 8 aromatic rings. The van der Waals surface area contributed by atoms with Gasteiger partial charge in [-0.2, -0.15) is 0 Å². The minimum Gasteiger partial charge on any atom is -0.309 e. The fraction of sp³-hybridized carbons (Fsp3) is 0.0714. The highest BCUT2D eigenvalue weighted by atomic mass is 15.0. The number of aromatic nitrogens is 4. The normalized spacial score (nSPS) is 13.2. The molecule has 4 nitrogen and oxygen atoms in total. The summed E-state index contributed by atoms with van der Waals surface area (Å²) in [5.41, 5.74) is 13.0. The van der Waals surface area contributed by atoms with Gasteiger partial charge in [0.05, 0.1) is 22.4 Å². The molecule has 0 N–H and O–H groups in total. The van der Waals surface area contributed by atoms with E-state index in [9.17, 15) is 0 Å². The molecule has 218 valence electrons. The van der Waals surface area contributed by atoms with Gasteiger partial charge in [-0.1, -0.05) is 111 Å². The van der Waals surface area contributed by atoms with Gasteiger partial charge in [0.25, 0.3) is 0 Å². The molecule has 1 aliphatic carbocycles. The number of rotatable bonds is 4. The van der Waals surface area contributed by atoms with E-state index >= 15 is 0 Å². The van der Waals surface area contributed by atoms with Gasteiger partial charge in [-0.05, 0) is 47.5 Å². The van der Waals surface area contributed by atoms with Gasteiger partial charge in [-0.15, -0.1) is 0 Å². The molecular weight excluding hydrogens is 560 g/mol. The number of nitrogens with zero attached hydrogens (tertiary/aromatic N) is 4. The minimum absolute atomic E-state index is 0.255. The minimum atomic E-state index is -0.255. The number of hydrogen-bond donors (Lipinski definition) is 0. The van der Waals surface area contributed by atoms with E-state index in [4.69, 9.17) is 9.97 Å². The quantitative estimate of drug-likeness (QED) is 0.205. The predicted molar refractivity (Wildman–Crippen MR) is 188 cm³/mol. The Kier molecular flexibility index (Phi) is 5.81. The zero-order valence-corrected chi connectivity index (χ0v) is 25.6. The Bertz CT molecular complexity index is 2400. The Hall–Kier alpha value is -5.87. The van der Waals surface area contributed by atoms with E-state index in [1.54, 1.807) is 0 Å². The molecule has 46 heavy (non-hydrogen) atoms. The van der Waals surface area contributed by atoms with Crippen molar-refractivity contribution in [2.75, 3.05) is 0 Å². The van der Waals surface area contributed by atoms with Crippen molar-refractivity contribution in [3.63, 3.8) is 0 Å². The second-order valence-electron chi connectivity index (χ2n) is 12.5. The first-order valence-corrected chi connectivity index (χ1v) is 15.7. The predicted octanol–water partition coefficient (Wildman–Crippen LogP) is 10.3. The van der Waals surface area contributed by atoms with Crippen molar-refractivity contribution in [3.8, 4) is 50.7 Å². The summed E-state index contributed by atoms with van der Waals surface area (Å²) in [6, 6.07) is 47.3. The largest absolute Gasteiger partial charge is 0.309 e. The molecule has 1 aliphatic rings. The highest BCUT2D eigenvalue weighted by molar-refractivity contribution is 6.09. The molecule has 0 bridgehead atoms. The molecule has 4 heteroatoms. The molecule has 0 fully saturated rings. The Balaban J connectivity index is 1.28. The Morgan fingerprint density at radius 2 is 1.20 bits per heavy atom. The van der Waals surface area contributed by atoms with Crippen LogP contribution in [0.1, 0.15) is 25.0 Å². The molecular formula is C42H30N4. The van der Waals surface area contributed by atoms with Crippen LogP contribution < -0.4 is 0 Å². The molecule has 0 amide bonds. The Labute approximate surface area is 267 Å². The van der Waals surface area contributed by atoms with Gasteiger partial charge in [0.1, 0.15) is 0 Å². The van der Waals surface area contributed by atoms with Crippen molar-refractivity contribution in [2.24, 2.45) is 0 Å². The second kappa shape index (κ2) is 10.1. The average molecular weight is 591 g/mol. The van der Waals surface area contributed by atoms with Crippen molar-refractivity contribution in [1.82, 2.24) is 19.5 Å². The second-order valence-corrected chi connectivity index (χ2v) is 12.5. The molecule has 0 saturated carbocycles. The van der Waals surface area contributed by atoms with Crippen LogP contribution in [0.15, 0.2) is 146 Å². The molecule has 3 aromatic heterocycles. The maximum Gasteiger partial charge on any atom is 0.160 e. The lowest BCUT2D eigenvalue weighted by molar-refractivity contribution is 0.658. The lowest BCUT2D eigenvalue weighted by Crippen LogP contribution is -2.17. The van der Waals surface area contributed by atoms with Crippen LogP contribution in [-0.4, -0.2) is 19.5 Å². The number of pyridine rings is 1. The molecule has 0 radical (unpaired) electrons. The standard InChI is InChI=1S/C42H30N4/c1-42(2)35-20-6-3-19-34(35)40-38(42)39(28-13-9-12-27(24-28)30-15-11-23-43-26-30)44-41(45-40)29-14-10-16-31(25-29)46-36-21-7-4-17-32(36)33-18-5-8-22-37(33)46/h3-26H,1-2H3. The van der Waals surface area contributed by atoms with Crippen molar-refractivity contribution in [3.05, 3.63) is 157 Å². The summed E-state index contributed by atoms with van der Waals surface area (Å²) in [5, 5.41) is 2.49. The van der Waals surface area contributed by atoms with Crippen molar-refractivity contribution < 1.29 is 0 Å². The van der Waals surface area contributed by atoms with Crippen LogP contribution in [0.25, 0.3) is 72.5 Å². The van der Waals surface area contributed by atoms with Crippen LogP contribution in [0.2, 0.25) is 0 Å². The van der Waals surface area contributed by atoms with Crippen molar-refractivity contribution in [2.45, 2.75) is 19.3 Å². The van der Waals surface area contributed by atoms with Gasteiger partial charge in [0.15, 0.2) is 5.82 Å². The molecule has 5 aromatic carbocycles. The number of para-hydroxylation sites is 2. The maximum absolute atomic E-state index is 5.41. The van der Waals surface area contributed by atoms with Crippen LogP contribution in [0, 0.1) is 0 Å². The van der Waals surface area contributed by atoms with Gasteiger partial charge in [0.2, 0.25) is 0 Å². The van der Waals surface area contributed by atoms with Crippen LogP contribution in [0.3, 0.4) is 0 Å². The summed E-state index contributed by atoms with van der Waals surface area (Å²) < 4.78 is 2.35. The van der Waals surface area contributed by atoms with Gasteiger partial charge >= 0.3 is 0 Å². The van der Waals surface area contributed by atoms with E-state index in [-0.39, 0.29) is 5.41 Å². The third-order valence-electron chi connectivity index (χ3n) is 9.46. The van der Waals surface area contributed by atoms with E-state index in [1.807, 2.05) is 18.5 Å².